The van der Waals surface area contributed by atoms with Gasteiger partial charge in [0.15, 0.2) is 0 Å². The number of ether oxygens (including phenoxy) is 1. The molecule has 0 spiro atoms. The molecule has 208 valence electrons. The Hall–Kier alpha value is -0.790. The van der Waals surface area contributed by atoms with Crippen LogP contribution in [0.25, 0.3) is 0 Å². The summed E-state index contributed by atoms with van der Waals surface area (Å²) in [5, 5.41) is 0. The molecule has 2 heteroatoms. The molecule has 0 aliphatic rings. The molecule has 0 N–H and O–H groups in total. The van der Waals surface area contributed by atoms with Gasteiger partial charge >= 0.3 is 5.97 Å². The minimum Gasteiger partial charge on any atom is -0.461 e. The highest BCUT2D eigenvalue weighted by Gasteiger charge is 2.01. The molecule has 0 atom stereocenters. The molecule has 0 amide bonds. The first-order chi connectivity index (χ1) is 17.3. The van der Waals surface area contributed by atoms with Gasteiger partial charge in [-0.25, -0.2) is 0 Å². The van der Waals surface area contributed by atoms with E-state index in [1.165, 1.54) is 148 Å². The van der Waals surface area contributed by atoms with Crippen molar-refractivity contribution in [1.82, 2.24) is 0 Å². The molecule has 0 bridgehead atoms. The Morgan fingerprint density at radius 2 is 0.800 bits per heavy atom. The third-order valence-corrected chi connectivity index (χ3v) is 7.20. The molecular formula is C33H64O2. The van der Waals surface area contributed by atoms with Crippen molar-refractivity contribution >= 4 is 5.97 Å². The first-order valence-corrected chi connectivity index (χ1v) is 16.1. The zero-order chi connectivity index (χ0) is 25.5. The zero-order valence-corrected chi connectivity index (χ0v) is 24.3. The second kappa shape index (κ2) is 31.2. The molecule has 0 aromatic rings. The van der Waals surface area contributed by atoms with Crippen LogP contribution in [0, 0.1) is 0 Å². The summed E-state index contributed by atoms with van der Waals surface area (Å²) in [7, 11) is 0. The van der Waals surface area contributed by atoms with Crippen LogP contribution >= 0.6 is 0 Å². The molecule has 0 aliphatic heterocycles. The number of esters is 1. The third kappa shape index (κ3) is 31.2. The lowest BCUT2D eigenvalue weighted by Gasteiger charge is -2.04. The number of rotatable bonds is 29. The first-order valence-electron chi connectivity index (χ1n) is 16.1. The molecule has 0 saturated heterocycles. The zero-order valence-electron chi connectivity index (χ0n) is 24.3. The largest absolute Gasteiger partial charge is 0.461 e. The smallest absolute Gasteiger partial charge is 0.306 e. The van der Waals surface area contributed by atoms with E-state index in [9.17, 15) is 4.79 Å². The number of hydrogen-bond donors (Lipinski definition) is 0. The van der Waals surface area contributed by atoms with Crippen molar-refractivity contribution in [2.24, 2.45) is 0 Å². The Labute approximate surface area is 221 Å². The van der Waals surface area contributed by atoms with Crippen molar-refractivity contribution in [1.29, 1.82) is 0 Å². The van der Waals surface area contributed by atoms with Gasteiger partial charge in [-0.2, -0.15) is 0 Å². The summed E-state index contributed by atoms with van der Waals surface area (Å²) in [5.41, 5.74) is 0. The van der Waals surface area contributed by atoms with Crippen molar-refractivity contribution in [3.63, 3.8) is 0 Å². The molecule has 0 aromatic carbocycles. The van der Waals surface area contributed by atoms with E-state index in [0.717, 1.165) is 19.3 Å². The summed E-state index contributed by atoms with van der Waals surface area (Å²) in [6, 6.07) is 0. The standard InChI is InChI=1S/C33H64O2/c1-3-5-7-9-10-11-12-13-14-15-16-17-18-19-20-21-22-23-24-25-26-27-28-29-31-33(34)35-32-30-8-6-4-2/h8,30H,3-7,9-29,31-32H2,1-2H3/b30-8+. The Bertz CT molecular complexity index is 429. The molecule has 0 heterocycles. The van der Waals surface area contributed by atoms with E-state index < -0.39 is 0 Å². The van der Waals surface area contributed by atoms with E-state index in [1.54, 1.807) is 0 Å². The second-order valence-electron chi connectivity index (χ2n) is 10.8. The van der Waals surface area contributed by atoms with Crippen LogP contribution in [0.1, 0.15) is 187 Å². The highest BCUT2D eigenvalue weighted by Crippen LogP contribution is 2.15. The second-order valence-corrected chi connectivity index (χ2v) is 10.8. The van der Waals surface area contributed by atoms with Gasteiger partial charge in [0.2, 0.25) is 0 Å². The number of carbonyl (C=O) groups is 1. The van der Waals surface area contributed by atoms with E-state index in [1.807, 2.05) is 6.08 Å². The monoisotopic (exact) mass is 492 g/mol. The van der Waals surface area contributed by atoms with Gasteiger partial charge in [-0.1, -0.05) is 180 Å². The van der Waals surface area contributed by atoms with Crippen LogP contribution in [0.5, 0.6) is 0 Å². The quantitative estimate of drug-likeness (QED) is 0.0589. The molecule has 2 nitrogen and oxygen atoms in total. The van der Waals surface area contributed by atoms with Crippen LogP contribution in [0.3, 0.4) is 0 Å². The maximum absolute atomic E-state index is 11.6. The highest BCUT2D eigenvalue weighted by atomic mass is 16.5. The molecule has 0 unspecified atom stereocenters. The average molecular weight is 493 g/mol. The number of hydrogen-bond acceptors (Lipinski definition) is 2. The van der Waals surface area contributed by atoms with Gasteiger partial charge < -0.3 is 4.74 Å². The van der Waals surface area contributed by atoms with Crippen LogP contribution in [0.4, 0.5) is 0 Å². The van der Waals surface area contributed by atoms with Gasteiger partial charge in [-0.3, -0.25) is 4.79 Å². The molecule has 35 heavy (non-hydrogen) atoms. The van der Waals surface area contributed by atoms with Crippen LogP contribution < -0.4 is 0 Å². The predicted octanol–water partition coefficient (Wildman–Crippen LogP) is 11.7. The highest BCUT2D eigenvalue weighted by molar-refractivity contribution is 5.69. The van der Waals surface area contributed by atoms with Crippen molar-refractivity contribution in [3.8, 4) is 0 Å². The summed E-state index contributed by atoms with van der Waals surface area (Å²) in [6.45, 7) is 4.89. The molecule has 0 aliphatic carbocycles. The van der Waals surface area contributed by atoms with Gasteiger partial charge in [-0.05, 0) is 12.8 Å². The molecule has 0 saturated carbocycles. The minimum absolute atomic E-state index is 0.0371. The van der Waals surface area contributed by atoms with Crippen LogP contribution in [0.2, 0.25) is 0 Å². The van der Waals surface area contributed by atoms with Gasteiger partial charge in [0.1, 0.15) is 6.61 Å². The minimum atomic E-state index is -0.0371. The van der Waals surface area contributed by atoms with Gasteiger partial charge in [0.25, 0.3) is 0 Å². The van der Waals surface area contributed by atoms with E-state index in [-0.39, 0.29) is 5.97 Å². The first kappa shape index (κ1) is 34.2. The normalized spacial score (nSPS) is 11.5. The fraction of sp³-hybridized carbons (Fsp3) is 0.909. The van der Waals surface area contributed by atoms with Crippen LogP contribution in [-0.2, 0) is 9.53 Å². The van der Waals surface area contributed by atoms with Crippen LogP contribution in [-0.4, -0.2) is 12.6 Å². The predicted molar refractivity (Wildman–Crippen MR) is 156 cm³/mol. The average Bonchev–Trinajstić information content (AvgIpc) is 2.86. The number of unbranched alkanes of at least 4 members (excludes halogenated alkanes) is 24. The molecule has 0 aromatic heterocycles. The van der Waals surface area contributed by atoms with Gasteiger partial charge in [-0.15, -0.1) is 0 Å². The topological polar surface area (TPSA) is 26.3 Å². The lowest BCUT2D eigenvalue weighted by atomic mass is 10.0. The molecule has 0 radical (unpaired) electrons. The van der Waals surface area contributed by atoms with Crippen molar-refractivity contribution < 1.29 is 9.53 Å². The number of carbonyl (C=O) groups excluding carboxylic acids is 1. The van der Waals surface area contributed by atoms with Gasteiger partial charge in [0, 0.05) is 6.42 Å². The lowest BCUT2D eigenvalue weighted by Crippen LogP contribution is -2.03. The third-order valence-electron chi connectivity index (χ3n) is 7.20. The lowest BCUT2D eigenvalue weighted by molar-refractivity contribution is -0.142. The van der Waals surface area contributed by atoms with E-state index in [0.29, 0.717) is 13.0 Å². The van der Waals surface area contributed by atoms with Crippen LogP contribution in [0.15, 0.2) is 12.2 Å². The fourth-order valence-corrected chi connectivity index (χ4v) is 4.80. The van der Waals surface area contributed by atoms with Crippen molar-refractivity contribution in [2.45, 2.75) is 187 Å². The Kier molecular flexibility index (Phi) is 30.5. The Morgan fingerprint density at radius 1 is 0.457 bits per heavy atom. The molecule has 0 fully saturated rings. The van der Waals surface area contributed by atoms with E-state index >= 15 is 0 Å². The maximum Gasteiger partial charge on any atom is 0.306 e. The van der Waals surface area contributed by atoms with E-state index in [4.69, 9.17) is 4.74 Å². The SMILES string of the molecule is CCC/C=C/COC(=O)CCCCCCCCCCCCCCCCCCCCCCCCCC. The summed E-state index contributed by atoms with van der Waals surface area (Å²) >= 11 is 0. The summed E-state index contributed by atoms with van der Waals surface area (Å²) < 4.78 is 5.22. The summed E-state index contributed by atoms with van der Waals surface area (Å²) in [6.07, 6.45) is 40.5. The Balaban J connectivity index is 3.10. The molecular weight excluding hydrogens is 428 g/mol. The van der Waals surface area contributed by atoms with E-state index in [2.05, 4.69) is 19.9 Å². The van der Waals surface area contributed by atoms with Gasteiger partial charge in [0.05, 0.1) is 0 Å². The van der Waals surface area contributed by atoms with Crippen molar-refractivity contribution in [3.05, 3.63) is 12.2 Å². The molecule has 0 rings (SSSR count). The summed E-state index contributed by atoms with van der Waals surface area (Å²) in [4.78, 5) is 11.6. The number of allylic oxidation sites excluding steroid dienone is 1. The Morgan fingerprint density at radius 3 is 1.14 bits per heavy atom. The fourth-order valence-electron chi connectivity index (χ4n) is 4.80. The maximum atomic E-state index is 11.6. The summed E-state index contributed by atoms with van der Waals surface area (Å²) in [5.74, 6) is -0.0371. The van der Waals surface area contributed by atoms with Crippen molar-refractivity contribution in [2.75, 3.05) is 6.61 Å².